The fourth-order valence-corrected chi connectivity index (χ4v) is 8.19. The van der Waals surface area contributed by atoms with Crippen molar-refractivity contribution in [2.24, 2.45) is 11.8 Å². The van der Waals surface area contributed by atoms with E-state index < -0.39 is 36.4 Å². The Morgan fingerprint density at radius 1 is 0.672 bits per heavy atom. The zero-order valence-corrected chi connectivity index (χ0v) is 35.1. The van der Waals surface area contributed by atoms with Gasteiger partial charge in [-0.05, 0) is 91.0 Å². The second-order valence-electron chi connectivity index (χ2n) is 15.9. The Bertz CT molecular complexity index is 2330. The maximum absolute atomic E-state index is 13.7. The predicted molar refractivity (Wildman–Crippen MR) is 228 cm³/mol. The van der Waals surface area contributed by atoms with E-state index in [0.29, 0.717) is 63.8 Å². The number of alkyl carbamates (subject to hydrolysis) is 1. The number of rotatable bonds is 13. The van der Waals surface area contributed by atoms with Gasteiger partial charge in [-0.2, -0.15) is 0 Å². The van der Waals surface area contributed by atoms with Gasteiger partial charge in [0.05, 0.1) is 43.0 Å². The number of nitrogens with one attached hydrogen (secondary N) is 4. The number of amides is 4. The summed E-state index contributed by atoms with van der Waals surface area (Å²) in [6.45, 7) is 5.83. The molecule has 7 rings (SSSR count). The predicted octanol–water partition coefficient (Wildman–Crippen LogP) is 6.54. The first-order valence-electron chi connectivity index (χ1n) is 20.7. The van der Waals surface area contributed by atoms with Gasteiger partial charge in [0.2, 0.25) is 11.8 Å². The Balaban J connectivity index is 0.999. The third-order valence-electron chi connectivity index (χ3n) is 12.3. The number of imidazole rings is 2. The highest BCUT2D eigenvalue weighted by Crippen LogP contribution is 2.32. The van der Waals surface area contributed by atoms with Crippen molar-refractivity contribution in [3.05, 3.63) is 84.7 Å². The number of aromatic nitrogens is 4. The van der Waals surface area contributed by atoms with E-state index >= 15 is 0 Å². The van der Waals surface area contributed by atoms with Crippen LogP contribution in [-0.4, -0.2) is 119 Å². The van der Waals surface area contributed by atoms with Gasteiger partial charge in [0.1, 0.15) is 23.7 Å². The molecule has 0 aliphatic carbocycles. The van der Waals surface area contributed by atoms with E-state index in [2.05, 4.69) is 73.0 Å². The average molecular weight is 835 g/mol. The molecule has 0 bridgehead atoms. The fourth-order valence-electron chi connectivity index (χ4n) is 8.19. The highest BCUT2D eigenvalue weighted by molar-refractivity contribution is 5.91. The average Bonchev–Trinajstić information content (AvgIpc) is 4.00. The highest BCUT2D eigenvalue weighted by atomic mass is 16.5. The molecule has 0 spiro atoms. The Morgan fingerprint density at radius 3 is 1.59 bits per heavy atom. The Morgan fingerprint density at radius 2 is 1.10 bits per heavy atom. The molecule has 4 heterocycles. The molecule has 5 aromatic rings. The van der Waals surface area contributed by atoms with Gasteiger partial charge in [0, 0.05) is 46.1 Å². The molecule has 2 saturated heterocycles. The first-order valence-corrected chi connectivity index (χ1v) is 20.7. The third kappa shape index (κ3) is 9.71. The van der Waals surface area contributed by atoms with Crippen LogP contribution in [0.5, 0.6) is 0 Å². The molecule has 16 nitrogen and oxygen atoms in total. The molecule has 61 heavy (non-hydrogen) atoms. The monoisotopic (exact) mass is 834 g/mol. The SMILES string of the molecule is COC(=O)NC(C(=O)N(C)C(C)c1ncc(-c2ccc3cc(-c4ccc(-c5cnc(C(C)N(C)C(=O)C(NC(=O)O)C6CCOCC6)[nH]5)cc4)ccc3c2)[nH]1)C1CCOCC1. The van der Waals surface area contributed by atoms with Crippen molar-refractivity contribution < 1.29 is 38.5 Å². The van der Waals surface area contributed by atoms with Crippen LogP contribution in [0.25, 0.3) is 44.4 Å². The van der Waals surface area contributed by atoms with Crippen LogP contribution in [0.4, 0.5) is 9.59 Å². The number of carboxylic acid groups (broad SMARTS) is 1. The van der Waals surface area contributed by atoms with Crippen LogP contribution in [0.3, 0.4) is 0 Å². The third-order valence-corrected chi connectivity index (χ3v) is 12.3. The number of fused-ring (bicyclic) bond motifs is 1. The van der Waals surface area contributed by atoms with E-state index in [1.165, 1.54) is 7.11 Å². The minimum absolute atomic E-state index is 0.0623. The summed E-state index contributed by atoms with van der Waals surface area (Å²) < 4.78 is 15.7. The number of aromatic amines is 2. The lowest BCUT2D eigenvalue weighted by atomic mass is 9.90. The molecule has 3 aromatic carbocycles. The molecule has 0 saturated carbocycles. The Hall–Kier alpha value is -6.26. The number of H-pyrrole nitrogens is 2. The second kappa shape index (κ2) is 19.0. The minimum atomic E-state index is -1.23. The summed E-state index contributed by atoms with van der Waals surface area (Å²) in [6.07, 6.45) is 4.19. The molecule has 2 aliphatic rings. The van der Waals surface area contributed by atoms with Crippen LogP contribution in [0.15, 0.2) is 73.1 Å². The minimum Gasteiger partial charge on any atom is -0.465 e. The van der Waals surface area contributed by atoms with E-state index in [1.807, 2.05) is 32.0 Å². The van der Waals surface area contributed by atoms with E-state index in [4.69, 9.17) is 14.2 Å². The van der Waals surface area contributed by atoms with Crippen LogP contribution in [-0.2, 0) is 23.8 Å². The summed E-state index contributed by atoms with van der Waals surface area (Å²) in [5, 5.41) is 16.8. The molecule has 2 aliphatic heterocycles. The molecule has 2 fully saturated rings. The zero-order chi connectivity index (χ0) is 43.2. The van der Waals surface area contributed by atoms with Crippen molar-refractivity contribution in [1.29, 1.82) is 0 Å². The van der Waals surface area contributed by atoms with E-state index in [-0.39, 0.29) is 23.7 Å². The molecule has 4 amide bonds. The molecular weight excluding hydrogens is 781 g/mol. The summed E-state index contributed by atoms with van der Waals surface area (Å²) in [5.41, 5.74) is 5.62. The summed E-state index contributed by atoms with van der Waals surface area (Å²) >= 11 is 0. The van der Waals surface area contributed by atoms with Gasteiger partial charge in [-0.25, -0.2) is 19.6 Å². The van der Waals surface area contributed by atoms with Gasteiger partial charge in [-0.15, -0.1) is 0 Å². The quantitative estimate of drug-likeness (QED) is 0.0867. The zero-order valence-electron chi connectivity index (χ0n) is 35.1. The summed E-state index contributed by atoms with van der Waals surface area (Å²) in [7, 11) is 4.67. The van der Waals surface area contributed by atoms with E-state index in [0.717, 1.165) is 44.4 Å². The van der Waals surface area contributed by atoms with Crippen molar-refractivity contribution in [3.8, 4) is 33.6 Å². The second-order valence-corrected chi connectivity index (χ2v) is 15.9. The van der Waals surface area contributed by atoms with Crippen molar-refractivity contribution >= 4 is 34.8 Å². The van der Waals surface area contributed by atoms with Crippen molar-refractivity contribution in [2.75, 3.05) is 47.6 Å². The van der Waals surface area contributed by atoms with Gasteiger partial charge >= 0.3 is 12.2 Å². The molecule has 322 valence electrons. The number of carbonyl (C=O) groups is 4. The number of nitrogens with zero attached hydrogens (tertiary/aromatic N) is 4. The lowest BCUT2D eigenvalue weighted by Crippen LogP contribution is -2.52. The first-order chi connectivity index (χ1) is 29.4. The van der Waals surface area contributed by atoms with Gasteiger partial charge in [-0.3, -0.25) is 9.59 Å². The van der Waals surface area contributed by atoms with Crippen molar-refractivity contribution in [3.63, 3.8) is 0 Å². The molecule has 4 atom stereocenters. The fraction of sp³-hybridized carbons (Fsp3) is 0.422. The maximum Gasteiger partial charge on any atom is 0.407 e. The summed E-state index contributed by atoms with van der Waals surface area (Å²) in [6, 6.07) is 18.3. The lowest BCUT2D eigenvalue weighted by Gasteiger charge is -2.34. The first kappa shape index (κ1) is 42.8. The normalized spacial score (nSPS) is 16.9. The molecule has 0 radical (unpaired) electrons. The molecule has 2 aromatic heterocycles. The Kier molecular flexibility index (Phi) is 13.3. The number of hydrogen-bond acceptors (Lipinski definition) is 9. The number of hydrogen-bond donors (Lipinski definition) is 5. The van der Waals surface area contributed by atoms with Gasteiger partial charge in [0.15, 0.2) is 0 Å². The molecule has 5 N–H and O–H groups in total. The number of methoxy groups -OCH3 is 1. The smallest absolute Gasteiger partial charge is 0.407 e. The Labute approximate surface area is 354 Å². The molecule has 16 heteroatoms. The number of carbonyl (C=O) groups excluding carboxylic acids is 3. The maximum atomic E-state index is 13.7. The highest BCUT2D eigenvalue weighted by Gasteiger charge is 2.37. The van der Waals surface area contributed by atoms with Crippen LogP contribution in [0.2, 0.25) is 0 Å². The standard InChI is InChI=1S/C45H54N8O8/c1-26(52(3)42(54)38(50-44(56)57)30-14-18-60-19-15-30)40-46-24-36(48-40)29-8-6-28(7-9-29)32-10-11-34-23-35(13-12-33(34)22-32)37-25-47-41(49-37)27(2)53(4)43(55)39(51-45(58)59-5)31-16-20-61-21-17-31/h6-13,22-27,30-31,38-39,50H,14-21H2,1-5H3,(H,46,48)(H,47,49)(H,51,58)(H,56,57). The number of ether oxygens (including phenoxy) is 3. The van der Waals surface area contributed by atoms with E-state index in [9.17, 15) is 24.3 Å². The summed E-state index contributed by atoms with van der Waals surface area (Å²) in [4.78, 5) is 70.2. The van der Waals surface area contributed by atoms with Crippen LogP contribution >= 0.6 is 0 Å². The lowest BCUT2D eigenvalue weighted by molar-refractivity contribution is -0.137. The van der Waals surface area contributed by atoms with Crippen molar-refractivity contribution in [2.45, 2.75) is 63.7 Å². The van der Waals surface area contributed by atoms with Gasteiger partial charge in [0.25, 0.3) is 0 Å². The number of benzene rings is 3. The van der Waals surface area contributed by atoms with Crippen LogP contribution < -0.4 is 10.6 Å². The van der Waals surface area contributed by atoms with Gasteiger partial charge < -0.3 is 49.7 Å². The van der Waals surface area contributed by atoms with Crippen LogP contribution in [0, 0.1) is 11.8 Å². The van der Waals surface area contributed by atoms with Gasteiger partial charge in [-0.1, -0.05) is 48.5 Å². The van der Waals surface area contributed by atoms with E-state index in [1.54, 1.807) is 36.3 Å². The van der Waals surface area contributed by atoms with Crippen LogP contribution in [0.1, 0.15) is 63.3 Å². The molecule has 4 unspecified atom stereocenters. The number of likely N-dealkylation sites (N-methyl/N-ethyl adjacent to an activating group) is 2. The molecular formula is C45H54N8O8. The largest absolute Gasteiger partial charge is 0.465 e. The summed E-state index contributed by atoms with van der Waals surface area (Å²) in [5.74, 6) is 0.499. The topological polar surface area (TPSA) is 204 Å². The van der Waals surface area contributed by atoms with Crippen molar-refractivity contribution in [1.82, 2.24) is 40.4 Å².